The molecule has 0 spiro atoms. The van der Waals surface area contributed by atoms with Gasteiger partial charge in [-0.3, -0.25) is 0 Å². The number of rotatable bonds is 1. The van der Waals surface area contributed by atoms with E-state index in [4.69, 9.17) is 14.6 Å². The molecule has 1 heterocycles. The minimum Gasteiger partial charge on any atom is -0.486 e. The zero-order valence-electron chi connectivity index (χ0n) is 6.92. The molecule has 0 radical (unpaired) electrons. The van der Waals surface area contributed by atoms with Crippen LogP contribution in [0.2, 0.25) is 0 Å². The van der Waals surface area contributed by atoms with Gasteiger partial charge in [-0.2, -0.15) is 0 Å². The predicted octanol–water partition coefficient (Wildman–Crippen LogP) is 1.71. The van der Waals surface area contributed by atoms with E-state index in [0.29, 0.717) is 19.0 Å². The Labute approximate surface area is 84.4 Å². The summed E-state index contributed by atoms with van der Waals surface area (Å²) in [6.07, 6.45) is 0. The van der Waals surface area contributed by atoms with Crippen LogP contribution in [0, 0.1) is 0 Å². The van der Waals surface area contributed by atoms with Crippen molar-refractivity contribution in [2.75, 3.05) is 13.2 Å². The highest BCUT2D eigenvalue weighted by Crippen LogP contribution is 2.35. The molecule has 0 saturated heterocycles. The Hall–Kier alpha value is -0.740. The summed E-state index contributed by atoms with van der Waals surface area (Å²) in [5.41, 5.74) is 0.809. The Morgan fingerprint density at radius 1 is 1.23 bits per heavy atom. The maximum absolute atomic E-state index is 8.99. The summed E-state index contributed by atoms with van der Waals surface area (Å²) in [5.74, 6) is 1.44. The number of aliphatic hydroxyl groups excluding tert-OH is 1. The van der Waals surface area contributed by atoms with Gasteiger partial charge in [0.25, 0.3) is 0 Å². The SMILES string of the molecule is OCc1cc2c(cc1Br)OCCO2. The lowest BCUT2D eigenvalue weighted by molar-refractivity contribution is 0.170. The van der Waals surface area contributed by atoms with Crippen LogP contribution in [-0.2, 0) is 6.61 Å². The number of aliphatic hydroxyl groups is 1. The first-order valence-corrected chi connectivity index (χ1v) is 4.79. The Bertz CT molecular complexity index is 325. The van der Waals surface area contributed by atoms with Crippen molar-refractivity contribution in [3.63, 3.8) is 0 Å². The summed E-state index contributed by atoms with van der Waals surface area (Å²) in [6.45, 7) is 1.15. The van der Waals surface area contributed by atoms with Crippen molar-refractivity contribution in [1.29, 1.82) is 0 Å². The normalized spacial score (nSPS) is 14.3. The van der Waals surface area contributed by atoms with Gasteiger partial charge in [0.05, 0.1) is 6.61 Å². The van der Waals surface area contributed by atoms with E-state index in [0.717, 1.165) is 15.8 Å². The second-order valence-corrected chi connectivity index (χ2v) is 3.60. The maximum Gasteiger partial charge on any atom is 0.162 e. The van der Waals surface area contributed by atoms with Gasteiger partial charge in [-0.1, -0.05) is 15.9 Å². The van der Waals surface area contributed by atoms with Crippen LogP contribution < -0.4 is 9.47 Å². The van der Waals surface area contributed by atoms with Crippen LogP contribution in [0.15, 0.2) is 16.6 Å². The van der Waals surface area contributed by atoms with Gasteiger partial charge in [0.15, 0.2) is 11.5 Å². The molecular formula is C9H9BrO3. The summed E-state index contributed by atoms with van der Waals surface area (Å²) in [6, 6.07) is 3.61. The van der Waals surface area contributed by atoms with E-state index >= 15 is 0 Å². The molecule has 1 aliphatic rings. The molecule has 0 bridgehead atoms. The minimum atomic E-state index is -0.00275. The molecule has 0 aliphatic carbocycles. The van der Waals surface area contributed by atoms with Gasteiger partial charge in [0.2, 0.25) is 0 Å². The molecule has 70 valence electrons. The van der Waals surface area contributed by atoms with Gasteiger partial charge in [-0.15, -0.1) is 0 Å². The number of benzene rings is 1. The molecule has 0 atom stereocenters. The summed E-state index contributed by atoms with van der Waals surface area (Å²) in [5, 5.41) is 8.99. The van der Waals surface area contributed by atoms with E-state index in [-0.39, 0.29) is 6.61 Å². The summed E-state index contributed by atoms with van der Waals surface area (Å²) in [4.78, 5) is 0. The molecular weight excluding hydrogens is 236 g/mol. The Balaban J connectivity index is 2.44. The van der Waals surface area contributed by atoms with E-state index in [1.807, 2.05) is 6.07 Å². The fourth-order valence-electron chi connectivity index (χ4n) is 1.23. The van der Waals surface area contributed by atoms with Crippen LogP contribution in [0.25, 0.3) is 0 Å². The van der Waals surface area contributed by atoms with Gasteiger partial charge in [0.1, 0.15) is 13.2 Å². The first-order valence-electron chi connectivity index (χ1n) is 4.00. The lowest BCUT2D eigenvalue weighted by Gasteiger charge is -2.19. The van der Waals surface area contributed by atoms with Gasteiger partial charge in [-0.05, 0) is 17.7 Å². The Kier molecular flexibility index (Phi) is 2.42. The third kappa shape index (κ3) is 1.64. The van der Waals surface area contributed by atoms with Crippen molar-refractivity contribution < 1.29 is 14.6 Å². The molecule has 4 heteroatoms. The molecule has 0 aromatic heterocycles. The quantitative estimate of drug-likeness (QED) is 0.818. The van der Waals surface area contributed by atoms with E-state index in [2.05, 4.69) is 15.9 Å². The number of hydrogen-bond donors (Lipinski definition) is 1. The van der Waals surface area contributed by atoms with Crippen LogP contribution in [0.4, 0.5) is 0 Å². The van der Waals surface area contributed by atoms with Crippen molar-refractivity contribution in [1.82, 2.24) is 0 Å². The molecule has 1 N–H and O–H groups in total. The highest BCUT2D eigenvalue weighted by Gasteiger charge is 2.13. The second kappa shape index (κ2) is 3.55. The largest absolute Gasteiger partial charge is 0.486 e. The Morgan fingerprint density at radius 2 is 1.85 bits per heavy atom. The van der Waals surface area contributed by atoms with E-state index in [9.17, 15) is 0 Å². The van der Waals surface area contributed by atoms with Crippen molar-refractivity contribution in [2.45, 2.75) is 6.61 Å². The third-order valence-corrected chi connectivity index (χ3v) is 2.62. The molecule has 0 amide bonds. The molecule has 1 aromatic rings. The van der Waals surface area contributed by atoms with Crippen molar-refractivity contribution >= 4 is 15.9 Å². The predicted molar refractivity (Wildman–Crippen MR) is 51.1 cm³/mol. The number of hydrogen-bond acceptors (Lipinski definition) is 3. The van der Waals surface area contributed by atoms with E-state index in [1.54, 1.807) is 6.07 Å². The van der Waals surface area contributed by atoms with Crippen LogP contribution in [0.1, 0.15) is 5.56 Å². The first kappa shape index (κ1) is 8.84. The zero-order valence-corrected chi connectivity index (χ0v) is 8.50. The van der Waals surface area contributed by atoms with Crippen molar-refractivity contribution in [3.05, 3.63) is 22.2 Å². The van der Waals surface area contributed by atoms with Gasteiger partial charge >= 0.3 is 0 Å². The van der Waals surface area contributed by atoms with Gasteiger partial charge in [0, 0.05) is 4.47 Å². The molecule has 3 nitrogen and oxygen atoms in total. The molecule has 1 aliphatic heterocycles. The number of halogens is 1. The van der Waals surface area contributed by atoms with Gasteiger partial charge < -0.3 is 14.6 Å². The molecule has 13 heavy (non-hydrogen) atoms. The topological polar surface area (TPSA) is 38.7 Å². The maximum atomic E-state index is 8.99. The Morgan fingerprint density at radius 3 is 2.46 bits per heavy atom. The average Bonchev–Trinajstić information content (AvgIpc) is 2.17. The highest BCUT2D eigenvalue weighted by molar-refractivity contribution is 9.10. The number of fused-ring (bicyclic) bond motifs is 1. The summed E-state index contributed by atoms with van der Waals surface area (Å²) in [7, 11) is 0. The lowest BCUT2D eigenvalue weighted by atomic mass is 10.2. The molecule has 0 unspecified atom stereocenters. The van der Waals surface area contributed by atoms with E-state index < -0.39 is 0 Å². The van der Waals surface area contributed by atoms with E-state index in [1.165, 1.54) is 0 Å². The second-order valence-electron chi connectivity index (χ2n) is 2.75. The monoisotopic (exact) mass is 244 g/mol. The average molecular weight is 245 g/mol. The van der Waals surface area contributed by atoms with Crippen molar-refractivity contribution in [2.24, 2.45) is 0 Å². The molecule has 0 saturated carbocycles. The fraction of sp³-hybridized carbons (Fsp3) is 0.333. The molecule has 2 rings (SSSR count). The number of ether oxygens (including phenoxy) is 2. The van der Waals surface area contributed by atoms with Crippen LogP contribution in [0.5, 0.6) is 11.5 Å². The first-order chi connectivity index (χ1) is 6.31. The molecule has 0 fully saturated rings. The lowest BCUT2D eigenvalue weighted by Crippen LogP contribution is -2.15. The molecule has 1 aromatic carbocycles. The van der Waals surface area contributed by atoms with Crippen LogP contribution in [0.3, 0.4) is 0 Å². The highest BCUT2D eigenvalue weighted by atomic mass is 79.9. The smallest absolute Gasteiger partial charge is 0.162 e. The third-order valence-electron chi connectivity index (χ3n) is 1.88. The van der Waals surface area contributed by atoms with Crippen LogP contribution >= 0.6 is 15.9 Å². The summed E-state index contributed by atoms with van der Waals surface area (Å²) < 4.78 is 11.6. The fourth-order valence-corrected chi connectivity index (χ4v) is 1.68. The minimum absolute atomic E-state index is 0.00275. The van der Waals surface area contributed by atoms with Crippen LogP contribution in [-0.4, -0.2) is 18.3 Å². The van der Waals surface area contributed by atoms with Crippen molar-refractivity contribution in [3.8, 4) is 11.5 Å². The zero-order chi connectivity index (χ0) is 9.26. The van der Waals surface area contributed by atoms with Gasteiger partial charge in [-0.25, -0.2) is 0 Å². The summed E-state index contributed by atoms with van der Waals surface area (Å²) >= 11 is 3.34. The standard InChI is InChI=1S/C9H9BrO3/c10-7-4-9-8(3-6(7)5-11)12-1-2-13-9/h3-4,11H,1-2,5H2.